The van der Waals surface area contributed by atoms with Gasteiger partial charge in [0.15, 0.2) is 11.9 Å². The fourth-order valence-electron chi connectivity index (χ4n) is 2.92. The summed E-state index contributed by atoms with van der Waals surface area (Å²) < 4.78 is 5.74. The first-order valence-electron chi connectivity index (χ1n) is 7.08. The van der Waals surface area contributed by atoms with E-state index in [4.69, 9.17) is 10.5 Å². The standard InChI is InChI=1S/C14H22N2O5/c1-7(17)8-11(18)16-9(13(19)20)10(21-12(8)16)14(2,3)5-4-6-15/h7-8,12,17H,4-6,15H2,1-3H3,(H,19,20). The molecule has 0 aromatic rings. The van der Waals surface area contributed by atoms with E-state index in [-0.39, 0.29) is 5.70 Å². The summed E-state index contributed by atoms with van der Waals surface area (Å²) in [6.07, 6.45) is -0.203. The summed E-state index contributed by atoms with van der Waals surface area (Å²) in [4.78, 5) is 24.7. The van der Waals surface area contributed by atoms with Gasteiger partial charge in [0, 0.05) is 5.41 Å². The molecule has 21 heavy (non-hydrogen) atoms. The zero-order chi connectivity index (χ0) is 15.9. The number of hydrogen-bond acceptors (Lipinski definition) is 5. The molecular weight excluding hydrogens is 276 g/mol. The van der Waals surface area contributed by atoms with Crippen LogP contribution in [0.4, 0.5) is 0 Å². The van der Waals surface area contributed by atoms with Crippen molar-refractivity contribution >= 4 is 11.9 Å². The topological polar surface area (TPSA) is 113 Å². The minimum atomic E-state index is -1.19. The van der Waals surface area contributed by atoms with Crippen molar-refractivity contribution in [1.82, 2.24) is 4.90 Å². The molecular formula is C14H22N2O5. The van der Waals surface area contributed by atoms with Gasteiger partial charge in [-0.05, 0) is 26.3 Å². The second kappa shape index (κ2) is 5.31. The minimum Gasteiger partial charge on any atom is -0.476 e. The fraction of sp³-hybridized carbons (Fsp3) is 0.714. The zero-order valence-corrected chi connectivity index (χ0v) is 12.5. The molecule has 7 nitrogen and oxygen atoms in total. The van der Waals surface area contributed by atoms with Crippen LogP contribution in [0.5, 0.6) is 0 Å². The van der Waals surface area contributed by atoms with Gasteiger partial charge in [0.1, 0.15) is 11.7 Å². The van der Waals surface area contributed by atoms with Gasteiger partial charge in [-0.2, -0.15) is 0 Å². The lowest BCUT2D eigenvalue weighted by Gasteiger charge is -2.42. The Morgan fingerprint density at radius 3 is 2.62 bits per heavy atom. The van der Waals surface area contributed by atoms with Crippen LogP contribution < -0.4 is 5.73 Å². The highest BCUT2D eigenvalue weighted by atomic mass is 16.5. The van der Waals surface area contributed by atoms with Gasteiger partial charge in [0.05, 0.1) is 6.10 Å². The maximum Gasteiger partial charge on any atom is 0.356 e. The van der Waals surface area contributed by atoms with Gasteiger partial charge in [-0.15, -0.1) is 0 Å². The number of hydrogen-bond donors (Lipinski definition) is 3. The summed E-state index contributed by atoms with van der Waals surface area (Å²) in [6.45, 7) is 5.74. The first-order valence-corrected chi connectivity index (χ1v) is 7.08. The molecule has 0 aromatic carbocycles. The van der Waals surface area contributed by atoms with E-state index in [0.717, 1.165) is 11.3 Å². The van der Waals surface area contributed by atoms with E-state index in [0.29, 0.717) is 18.7 Å². The Morgan fingerprint density at radius 1 is 1.52 bits per heavy atom. The Labute approximate surface area is 123 Å². The SMILES string of the molecule is CC(O)C1C(=O)N2C(C(=O)O)=C(C(C)(C)CCCN)OC12. The molecule has 0 aliphatic carbocycles. The summed E-state index contributed by atoms with van der Waals surface area (Å²) in [5.41, 5.74) is 4.87. The van der Waals surface area contributed by atoms with Crippen molar-refractivity contribution in [3.63, 3.8) is 0 Å². The van der Waals surface area contributed by atoms with E-state index in [9.17, 15) is 19.8 Å². The average molecular weight is 298 g/mol. The van der Waals surface area contributed by atoms with Gasteiger partial charge in [-0.1, -0.05) is 13.8 Å². The van der Waals surface area contributed by atoms with Crippen LogP contribution >= 0.6 is 0 Å². The summed E-state index contributed by atoms with van der Waals surface area (Å²) in [5.74, 6) is -2.00. The highest BCUT2D eigenvalue weighted by Gasteiger charge is 2.60. The fourth-order valence-corrected chi connectivity index (χ4v) is 2.92. The van der Waals surface area contributed by atoms with Gasteiger partial charge in [0.2, 0.25) is 5.91 Å². The number of aliphatic carboxylic acids is 1. The van der Waals surface area contributed by atoms with Crippen LogP contribution in [0.3, 0.4) is 0 Å². The molecule has 1 fully saturated rings. The molecule has 0 saturated carbocycles. The molecule has 2 rings (SSSR count). The number of carboxylic acid groups (broad SMARTS) is 1. The highest BCUT2D eigenvalue weighted by Crippen LogP contribution is 2.48. The number of aliphatic hydroxyl groups is 1. The van der Waals surface area contributed by atoms with Crippen LogP contribution in [-0.2, 0) is 14.3 Å². The Hall–Kier alpha value is -1.60. The monoisotopic (exact) mass is 298 g/mol. The van der Waals surface area contributed by atoms with Crippen LogP contribution in [-0.4, -0.2) is 45.9 Å². The third kappa shape index (κ3) is 2.40. The predicted molar refractivity (Wildman–Crippen MR) is 73.6 cm³/mol. The lowest BCUT2D eigenvalue weighted by Crippen LogP contribution is -2.62. The van der Waals surface area contributed by atoms with E-state index >= 15 is 0 Å². The number of amides is 1. The molecule has 0 aromatic heterocycles. The Balaban J connectivity index is 2.33. The molecule has 3 atom stereocenters. The molecule has 0 bridgehead atoms. The molecule has 118 valence electrons. The number of carbonyl (C=O) groups is 2. The third-order valence-electron chi connectivity index (χ3n) is 4.12. The molecule has 0 radical (unpaired) electrons. The molecule has 0 spiro atoms. The van der Waals surface area contributed by atoms with Crippen LogP contribution in [0.15, 0.2) is 11.5 Å². The average Bonchev–Trinajstić information content (AvgIpc) is 2.71. The van der Waals surface area contributed by atoms with Crippen molar-refractivity contribution in [3.8, 4) is 0 Å². The summed E-state index contributed by atoms with van der Waals surface area (Å²) >= 11 is 0. The molecule has 4 N–H and O–H groups in total. The first-order chi connectivity index (χ1) is 9.72. The Bertz CT molecular complexity index is 498. The van der Waals surface area contributed by atoms with Crippen molar-refractivity contribution < 1.29 is 24.5 Å². The number of nitrogens with zero attached hydrogens (tertiary/aromatic N) is 1. The molecule has 2 aliphatic rings. The number of aliphatic hydroxyl groups excluding tert-OH is 1. The van der Waals surface area contributed by atoms with E-state index in [1.807, 2.05) is 13.8 Å². The maximum absolute atomic E-state index is 12.1. The number of rotatable bonds is 6. The lowest BCUT2D eigenvalue weighted by molar-refractivity contribution is -0.183. The van der Waals surface area contributed by atoms with E-state index in [1.54, 1.807) is 0 Å². The first kappa shape index (κ1) is 15.8. The van der Waals surface area contributed by atoms with Crippen LogP contribution in [0.2, 0.25) is 0 Å². The minimum absolute atomic E-state index is 0.107. The van der Waals surface area contributed by atoms with Crippen molar-refractivity contribution in [2.45, 2.75) is 45.9 Å². The molecule has 2 aliphatic heterocycles. The maximum atomic E-state index is 12.1. The molecule has 7 heteroatoms. The summed E-state index contributed by atoms with van der Waals surface area (Å²) in [7, 11) is 0. The van der Waals surface area contributed by atoms with Crippen molar-refractivity contribution in [2.75, 3.05) is 6.54 Å². The van der Waals surface area contributed by atoms with Crippen LogP contribution in [0.1, 0.15) is 33.6 Å². The highest BCUT2D eigenvalue weighted by molar-refractivity contribution is 5.98. The predicted octanol–water partition coefficient (Wildman–Crippen LogP) is 0.243. The molecule has 2 heterocycles. The molecule has 1 amide bonds. The van der Waals surface area contributed by atoms with Gasteiger partial charge >= 0.3 is 5.97 Å². The van der Waals surface area contributed by atoms with E-state index in [2.05, 4.69) is 0 Å². The Morgan fingerprint density at radius 2 is 2.14 bits per heavy atom. The quantitative estimate of drug-likeness (QED) is 0.606. The van der Waals surface area contributed by atoms with Gasteiger partial charge in [-0.25, -0.2) is 4.79 Å². The number of carbonyl (C=O) groups excluding carboxylic acids is 1. The normalized spacial score (nSPS) is 26.3. The zero-order valence-electron chi connectivity index (χ0n) is 12.5. The van der Waals surface area contributed by atoms with Crippen LogP contribution in [0.25, 0.3) is 0 Å². The number of fused-ring (bicyclic) bond motifs is 1. The third-order valence-corrected chi connectivity index (χ3v) is 4.12. The van der Waals surface area contributed by atoms with E-state index < -0.39 is 35.5 Å². The number of ether oxygens (including phenoxy) is 1. The van der Waals surface area contributed by atoms with Gasteiger partial charge < -0.3 is 20.7 Å². The van der Waals surface area contributed by atoms with Crippen molar-refractivity contribution in [2.24, 2.45) is 17.1 Å². The van der Waals surface area contributed by atoms with Crippen LogP contribution in [0, 0.1) is 11.3 Å². The number of carboxylic acids is 1. The number of nitrogens with two attached hydrogens (primary N) is 1. The van der Waals surface area contributed by atoms with Gasteiger partial charge in [-0.3, -0.25) is 9.69 Å². The lowest BCUT2D eigenvalue weighted by atomic mass is 9.84. The second-order valence-corrected chi connectivity index (χ2v) is 6.24. The molecule has 3 unspecified atom stereocenters. The van der Waals surface area contributed by atoms with Crippen molar-refractivity contribution in [3.05, 3.63) is 11.5 Å². The molecule has 1 saturated heterocycles. The smallest absolute Gasteiger partial charge is 0.356 e. The van der Waals surface area contributed by atoms with E-state index in [1.165, 1.54) is 6.92 Å². The number of allylic oxidation sites excluding steroid dienone is 1. The van der Waals surface area contributed by atoms with Crippen molar-refractivity contribution in [1.29, 1.82) is 0 Å². The summed E-state index contributed by atoms with van der Waals surface area (Å²) in [5, 5.41) is 19.1. The number of β-lactam (4-membered cyclic amide) rings is 1. The Kier molecular flexibility index (Phi) is 3.99. The van der Waals surface area contributed by atoms with Gasteiger partial charge in [0.25, 0.3) is 0 Å². The largest absolute Gasteiger partial charge is 0.476 e. The second-order valence-electron chi connectivity index (χ2n) is 6.24. The summed E-state index contributed by atoms with van der Waals surface area (Å²) in [6, 6.07) is 0.